The molecule has 4 heteroatoms. The second-order valence-corrected chi connectivity index (χ2v) is 12.5. The highest BCUT2D eigenvalue weighted by Crippen LogP contribution is 2.51. The van der Waals surface area contributed by atoms with E-state index in [-0.39, 0.29) is 5.41 Å². The van der Waals surface area contributed by atoms with Crippen molar-refractivity contribution in [1.29, 1.82) is 0 Å². The number of furan rings is 1. The molecule has 0 fully saturated rings. The summed E-state index contributed by atoms with van der Waals surface area (Å²) in [5.41, 5.74) is 13.5. The summed E-state index contributed by atoms with van der Waals surface area (Å²) in [5, 5.41) is 2.26. The van der Waals surface area contributed by atoms with Crippen LogP contribution in [0.2, 0.25) is 0 Å². The maximum atomic E-state index is 6.36. The van der Waals surface area contributed by atoms with E-state index >= 15 is 0 Å². The van der Waals surface area contributed by atoms with Gasteiger partial charge in [0.05, 0.1) is 11.4 Å². The van der Waals surface area contributed by atoms with E-state index in [4.69, 9.17) is 14.4 Å². The number of rotatable bonds is 4. The Hall–Kier alpha value is -5.87. The number of pyridine rings is 1. The van der Waals surface area contributed by atoms with Gasteiger partial charge in [-0.1, -0.05) is 123 Å². The van der Waals surface area contributed by atoms with Crippen LogP contribution in [0.5, 0.6) is 0 Å². The van der Waals surface area contributed by atoms with Gasteiger partial charge in [0.15, 0.2) is 5.82 Å². The van der Waals surface area contributed by atoms with E-state index in [1.165, 1.54) is 11.1 Å². The first-order valence-corrected chi connectivity index (χ1v) is 15.6. The van der Waals surface area contributed by atoms with Crippen molar-refractivity contribution >= 4 is 21.9 Å². The van der Waals surface area contributed by atoms with Gasteiger partial charge < -0.3 is 4.42 Å². The van der Waals surface area contributed by atoms with Crippen LogP contribution in [-0.4, -0.2) is 15.0 Å². The first kappa shape index (κ1) is 26.5. The van der Waals surface area contributed by atoms with Crippen LogP contribution in [0, 0.1) is 0 Å². The Morgan fingerprint density at radius 1 is 0.543 bits per heavy atom. The molecule has 0 saturated heterocycles. The Morgan fingerprint density at radius 3 is 2.11 bits per heavy atom. The fourth-order valence-corrected chi connectivity index (χ4v) is 7.11. The third kappa shape index (κ3) is 4.04. The van der Waals surface area contributed by atoms with Crippen molar-refractivity contribution in [2.24, 2.45) is 0 Å². The van der Waals surface area contributed by atoms with Gasteiger partial charge in [0.1, 0.15) is 11.2 Å². The fraction of sp³-hybridized carbons (Fsp3) is 0.0714. The third-order valence-corrected chi connectivity index (χ3v) is 9.38. The molecule has 0 spiro atoms. The van der Waals surface area contributed by atoms with E-state index in [1.807, 2.05) is 24.4 Å². The van der Waals surface area contributed by atoms with Crippen LogP contribution in [0.1, 0.15) is 25.0 Å². The van der Waals surface area contributed by atoms with Crippen molar-refractivity contribution in [2.45, 2.75) is 19.3 Å². The Balaban J connectivity index is 1.21. The maximum Gasteiger partial charge on any atom is 0.160 e. The van der Waals surface area contributed by atoms with Gasteiger partial charge in [0.25, 0.3) is 0 Å². The molecule has 0 saturated carbocycles. The highest BCUT2D eigenvalue weighted by atomic mass is 16.3. The van der Waals surface area contributed by atoms with Crippen LogP contribution in [0.4, 0.5) is 0 Å². The second-order valence-electron chi connectivity index (χ2n) is 12.5. The zero-order valence-electron chi connectivity index (χ0n) is 25.5. The summed E-state index contributed by atoms with van der Waals surface area (Å²) in [6.07, 6.45) is 3.69. The molecule has 0 atom stereocenters. The lowest BCUT2D eigenvalue weighted by Crippen LogP contribution is -2.17. The van der Waals surface area contributed by atoms with Crippen molar-refractivity contribution in [3.05, 3.63) is 151 Å². The van der Waals surface area contributed by atoms with E-state index < -0.39 is 0 Å². The molecular formula is C42H29N3O. The molecule has 0 N–H and O–H groups in total. The summed E-state index contributed by atoms with van der Waals surface area (Å²) in [5.74, 6) is 0.711. The van der Waals surface area contributed by atoms with Crippen molar-refractivity contribution in [3.63, 3.8) is 0 Å². The van der Waals surface area contributed by atoms with Crippen LogP contribution in [0.3, 0.4) is 0 Å². The molecular weight excluding hydrogens is 562 g/mol. The van der Waals surface area contributed by atoms with Gasteiger partial charge in [0, 0.05) is 62.0 Å². The van der Waals surface area contributed by atoms with Gasteiger partial charge in [-0.15, -0.1) is 0 Å². The molecule has 3 heterocycles. The van der Waals surface area contributed by atoms with Crippen LogP contribution in [0.15, 0.2) is 144 Å². The van der Waals surface area contributed by atoms with Gasteiger partial charge in [-0.3, -0.25) is 4.98 Å². The van der Waals surface area contributed by atoms with E-state index in [9.17, 15) is 0 Å². The van der Waals surface area contributed by atoms with Crippen molar-refractivity contribution < 1.29 is 4.42 Å². The molecule has 0 bridgehead atoms. The van der Waals surface area contributed by atoms with Crippen LogP contribution in [-0.2, 0) is 5.41 Å². The first-order chi connectivity index (χ1) is 22.6. The molecule has 4 nitrogen and oxygen atoms in total. The highest BCUT2D eigenvalue weighted by molar-refractivity contribution is 6.09. The average Bonchev–Trinajstić information content (AvgIpc) is 3.61. The number of fused-ring (bicyclic) bond motifs is 6. The first-order valence-electron chi connectivity index (χ1n) is 15.6. The van der Waals surface area contributed by atoms with Gasteiger partial charge in [-0.2, -0.15) is 0 Å². The summed E-state index contributed by atoms with van der Waals surface area (Å²) >= 11 is 0. The second kappa shape index (κ2) is 10.1. The van der Waals surface area contributed by atoms with Gasteiger partial charge in [0.2, 0.25) is 0 Å². The number of hydrogen-bond donors (Lipinski definition) is 0. The molecule has 0 aliphatic heterocycles. The summed E-state index contributed by atoms with van der Waals surface area (Å²) in [7, 11) is 0. The lowest BCUT2D eigenvalue weighted by atomic mass is 9.80. The van der Waals surface area contributed by atoms with Crippen LogP contribution in [0.25, 0.3) is 78.1 Å². The summed E-state index contributed by atoms with van der Waals surface area (Å²) < 4.78 is 6.36. The van der Waals surface area contributed by atoms with E-state index in [2.05, 4.69) is 128 Å². The number of para-hydroxylation sites is 2. The predicted octanol–water partition coefficient (Wildman–Crippen LogP) is 10.7. The van der Waals surface area contributed by atoms with Gasteiger partial charge in [-0.05, 0) is 34.9 Å². The molecule has 218 valence electrons. The zero-order chi connectivity index (χ0) is 30.8. The molecule has 0 radical (unpaired) electrons. The Labute approximate surface area is 267 Å². The molecule has 3 aromatic heterocycles. The van der Waals surface area contributed by atoms with Crippen molar-refractivity contribution in [1.82, 2.24) is 15.0 Å². The van der Waals surface area contributed by atoms with Crippen molar-refractivity contribution in [3.8, 4) is 56.2 Å². The van der Waals surface area contributed by atoms with E-state index in [1.54, 1.807) is 6.20 Å². The van der Waals surface area contributed by atoms with Gasteiger partial charge >= 0.3 is 0 Å². The average molecular weight is 592 g/mol. The lowest BCUT2D eigenvalue weighted by molar-refractivity contribution is 0.658. The fourth-order valence-electron chi connectivity index (χ4n) is 7.11. The Morgan fingerprint density at radius 2 is 1.24 bits per heavy atom. The van der Waals surface area contributed by atoms with Crippen molar-refractivity contribution in [2.75, 3.05) is 0 Å². The molecule has 0 amide bonds. The van der Waals surface area contributed by atoms with Gasteiger partial charge in [-0.25, -0.2) is 9.97 Å². The highest BCUT2D eigenvalue weighted by Gasteiger charge is 2.40. The SMILES string of the molecule is CC1(C)c2ccccc2-c2nc(-c3cccc(-c4cccnc4)c3)nc(-c3ccc(-c4cccc5c4oc4ccccc45)cc3)c21. The third-order valence-electron chi connectivity index (χ3n) is 9.38. The minimum absolute atomic E-state index is 0.254. The quantitative estimate of drug-likeness (QED) is 0.204. The molecule has 5 aromatic carbocycles. The topological polar surface area (TPSA) is 51.8 Å². The number of hydrogen-bond acceptors (Lipinski definition) is 4. The summed E-state index contributed by atoms with van der Waals surface area (Å²) in [6.45, 7) is 4.56. The van der Waals surface area contributed by atoms with E-state index in [0.717, 1.165) is 72.3 Å². The molecule has 0 unspecified atom stereocenters. The Kier molecular flexibility index (Phi) is 5.81. The zero-order valence-corrected chi connectivity index (χ0v) is 25.5. The standard InChI is InChI=1S/C42H29N3O/c1-42(2)35-17-5-3-14-34(35)39-37(42)38(44-41(45-39)29-11-7-10-28(24-29)30-12-9-23-43-25-30)27-21-19-26(20-22-27)31-15-8-16-33-32-13-4-6-18-36(32)46-40(31)33/h3-25H,1-2H3. The molecule has 46 heavy (non-hydrogen) atoms. The largest absolute Gasteiger partial charge is 0.455 e. The Bertz CT molecular complexity index is 2440. The van der Waals surface area contributed by atoms with E-state index in [0.29, 0.717) is 5.82 Å². The molecule has 1 aliphatic rings. The smallest absolute Gasteiger partial charge is 0.160 e. The summed E-state index contributed by atoms with van der Waals surface area (Å²) in [4.78, 5) is 14.9. The van der Waals surface area contributed by atoms with Crippen LogP contribution < -0.4 is 0 Å². The number of aromatic nitrogens is 3. The number of benzene rings is 5. The normalized spacial score (nSPS) is 13.2. The molecule has 8 aromatic rings. The van der Waals surface area contributed by atoms with Crippen LogP contribution >= 0.6 is 0 Å². The monoisotopic (exact) mass is 591 g/mol. The maximum absolute atomic E-state index is 6.36. The molecule has 1 aliphatic carbocycles. The molecule has 9 rings (SSSR count). The predicted molar refractivity (Wildman–Crippen MR) is 186 cm³/mol. The minimum atomic E-state index is -0.254. The lowest BCUT2D eigenvalue weighted by Gasteiger charge is -2.24. The number of nitrogens with zero attached hydrogens (tertiary/aromatic N) is 3. The summed E-state index contributed by atoms with van der Waals surface area (Å²) in [6, 6.07) is 44.4. The minimum Gasteiger partial charge on any atom is -0.455 e.